The first-order valence-electron chi connectivity index (χ1n) is 6.90. The minimum Gasteiger partial charge on any atom is -0.369 e. The number of anilines is 2. The molecule has 0 unspecified atom stereocenters. The monoisotopic (exact) mass is 247 g/mol. The molecule has 0 bridgehead atoms. The number of nitrogens with two attached hydrogens (primary N) is 1. The minimum absolute atomic E-state index is 0.413. The summed E-state index contributed by atoms with van der Waals surface area (Å²) in [6, 6.07) is 0. The highest BCUT2D eigenvalue weighted by Crippen LogP contribution is 2.34. The number of nitrogen functional groups attached to an aromatic ring is 1. The number of nitrogens with one attached hydrogen (secondary N) is 1. The van der Waals surface area contributed by atoms with Crippen molar-refractivity contribution >= 4 is 11.8 Å². The molecule has 5 nitrogen and oxygen atoms in total. The van der Waals surface area contributed by atoms with Crippen LogP contribution in [0.1, 0.15) is 36.9 Å². The van der Waals surface area contributed by atoms with Crippen LogP contribution in [-0.4, -0.2) is 41.0 Å². The van der Waals surface area contributed by atoms with Crippen LogP contribution in [0.5, 0.6) is 0 Å². The number of rotatable bonds is 2. The van der Waals surface area contributed by atoms with Gasteiger partial charge in [-0.1, -0.05) is 6.92 Å². The molecule has 98 valence electrons. The predicted octanol–water partition coefficient (Wildman–Crippen LogP) is 1.23. The third-order valence-electron chi connectivity index (χ3n) is 4.15. The summed E-state index contributed by atoms with van der Waals surface area (Å²) < 4.78 is 0. The standard InChI is InChI=1S/C13H21N5/c1-2-18-7-4-9(5-8-18)11-10-3-6-15-12(10)17-13(14)16-11/h9H,2-8H2,1H3,(H3,14,15,16,17). The van der Waals surface area contributed by atoms with Crippen LogP contribution in [0.3, 0.4) is 0 Å². The molecular formula is C13H21N5. The molecule has 0 radical (unpaired) electrons. The van der Waals surface area contributed by atoms with E-state index in [4.69, 9.17) is 5.73 Å². The predicted molar refractivity (Wildman–Crippen MR) is 72.7 cm³/mol. The highest BCUT2D eigenvalue weighted by Gasteiger charge is 2.27. The zero-order valence-corrected chi connectivity index (χ0v) is 10.9. The van der Waals surface area contributed by atoms with Crippen LogP contribution in [0.25, 0.3) is 0 Å². The van der Waals surface area contributed by atoms with Gasteiger partial charge in [0.05, 0.1) is 5.69 Å². The van der Waals surface area contributed by atoms with Gasteiger partial charge in [-0.25, -0.2) is 4.98 Å². The number of piperidine rings is 1. The van der Waals surface area contributed by atoms with Crippen LogP contribution in [0.2, 0.25) is 0 Å². The number of aromatic nitrogens is 2. The lowest BCUT2D eigenvalue weighted by Crippen LogP contribution is -2.33. The Balaban J connectivity index is 1.84. The molecule has 3 heterocycles. The maximum absolute atomic E-state index is 5.82. The van der Waals surface area contributed by atoms with Crippen molar-refractivity contribution in [1.82, 2.24) is 14.9 Å². The maximum atomic E-state index is 5.82. The second kappa shape index (κ2) is 4.72. The summed E-state index contributed by atoms with van der Waals surface area (Å²) in [7, 11) is 0. The van der Waals surface area contributed by atoms with Crippen LogP contribution in [0.15, 0.2) is 0 Å². The summed E-state index contributed by atoms with van der Waals surface area (Å²) in [5.74, 6) is 1.94. The fourth-order valence-corrected chi connectivity index (χ4v) is 3.08. The Morgan fingerprint density at radius 1 is 1.33 bits per heavy atom. The van der Waals surface area contributed by atoms with E-state index in [9.17, 15) is 0 Å². The normalized spacial score (nSPS) is 20.7. The molecule has 1 fully saturated rings. The average molecular weight is 247 g/mol. The second-order valence-corrected chi connectivity index (χ2v) is 5.18. The molecule has 1 aromatic rings. The molecule has 3 rings (SSSR count). The lowest BCUT2D eigenvalue weighted by Gasteiger charge is -2.31. The van der Waals surface area contributed by atoms with E-state index in [1.54, 1.807) is 0 Å². The van der Waals surface area contributed by atoms with Gasteiger partial charge < -0.3 is 16.0 Å². The van der Waals surface area contributed by atoms with Crippen molar-refractivity contribution in [3.63, 3.8) is 0 Å². The van der Waals surface area contributed by atoms with E-state index < -0.39 is 0 Å². The van der Waals surface area contributed by atoms with Crippen LogP contribution >= 0.6 is 0 Å². The zero-order chi connectivity index (χ0) is 12.5. The first kappa shape index (κ1) is 11.7. The molecule has 0 amide bonds. The van der Waals surface area contributed by atoms with E-state index in [-0.39, 0.29) is 0 Å². The van der Waals surface area contributed by atoms with Gasteiger partial charge in [-0.05, 0) is 38.9 Å². The fourth-order valence-electron chi connectivity index (χ4n) is 3.08. The van der Waals surface area contributed by atoms with Gasteiger partial charge in [0.2, 0.25) is 5.95 Å². The van der Waals surface area contributed by atoms with Crippen LogP contribution < -0.4 is 11.1 Å². The maximum Gasteiger partial charge on any atom is 0.222 e. The van der Waals surface area contributed by atoms with Gasteiger partial charge >= 0.3 is 0 Å². The first-order valence-corrected chi connectivity index (χ1v) is 6.90. The summed E-state index contributed by atoms with van der Waals surface area (Å²) >= 11 is 0. The van der Waals surface area contributed by atoms with Crippen molar-refractivity contribution in [3.8, 4) is 0 Å². The van der Waals surface area contributed by atoms with E-state index in [0.29, 0.717) is 11.9 Å². The van der Waals surface area contributed by atoms with Gasteiger partial charge in [0.25, 0.3) is 0 Å². The van der Waals surface area contributed by atoms with Crippen molar-refractivity contribution < 1.29 is 0 Å². The number of hydrogen-bond acceptors (Lipinski definition) is 5. The topological polar surface area (TPSA) is 67.1 Å². The molecule has 3 N–H and O–H groups in total. The Morgan fingerprint density at radius 3 is 2.83 bits per heavy atom. The molecule has 0 aromatic carbocycles. The first-order chi connectivity index (χ1) is 8.78. The van der Waals surface area contributed by atoms with E-state index in [1.165, 1.54) is 37.2 Å². The number of hydrogen-bond donors (Lipinski definition) is 2. The average Bonchev–Trinajstić information content (AvgIpc) is 2.86. The number of nitrogens with zero attached hydrogens (tertiary/aromatic N) is 3. The molecular weight excluding hydrogens is 226 g/mol. The summed E-state index contributed by atoms with van der Waals surface area (Å²) in [5.41, 5.74) is 8.33. The van der Waals surface area contributed by atoms with Gasteiger partial charge in [0, 0.05) is 18.0 Å². The van der Waals surface area contributed by atoms with Gasteiger partial charge in [0.15, 0.2) is 0 Å². The molecule has 0 saturated carbocycles. The lowest BCUT2D eigenvalue weighted by atomic mass is 9.90. The molecule has 5 heteroatoms. The molecule has 18 heavy (non-hydrogen) atoms. The zero-order valence-electron chi connectivity index (χ0n) is 10.9. The van der Waals surface area contributed by atoms with E-state index >= 15 is 0 Å². The third-order valence-corrected chi connectivity index (χ3v) is 4.15. The van der Waals surface area contributed by atoms with Crippen LogP contribution in [0.4, 0.5) is 11.8 Å². The summed E-state index contributed by atoms with van der Waals surface area (Å²) in [6.07, 6.45) is 3.42. The Bertz CT molecular complexity index is 437. The van der Waals surface area contributed by atoms with Gasteiger partial charge in [-0.15, -0.1) is 0 Å². The molecule has 0 spiro atoms. The molecule has 2 aliphatic heterocycles. The summed E-state index contributed by atoms with van der Waals surface area (Å²) in [5, 5.41) is 3.30. The van der Waals surface area contributed by atoms with Gasteiger partial charge in [-0.3, -0.25) is 0 Å². The highest BCUT2D eigenvalue weighted by molar-refractivity contribution is 5.54. The van der Waals surface area contributed by atoms with Crippen molar-refractivity contribution in [1.29, 1.82) is 0 Å². The molecule has 1 aromatic heterocycles. The molecule has 0 atom stereocenters. The quantitative estimate of drug-likeness (QED) is 0.822. The summed E-state index contributed by atoms with van der Waals surface area (Å²) in [6.45, 7) is 6.69. The van der Waals surface area contributed by atoms with Crippen molar-refractivity contribution in [3.05, 3.63) is 11.3 Å². The Labute approximate surface area is 108 Å². The molecule has 0 aliphatic carbocycles. The van der Waals surface area contributed by atoms with Crippen LogP contribution in [-0.2, 0) is 6.42 Å². The number of likely N-dealkylation sites (tertiary alicyclic amines) is 1. The number of fused-ring (bicyclic) bond motifs is 1. The van der Waals surface area contributed by atoms with Gasteiger partial charge in [-0.2, -0.15) is 4.98 Å². The molecule has 2 aliphatic rings. The van der Waals surface area contributed by atoms with Crippen molar-refractivity contribution in [2.75, 3.05) is 37.2 Å². The minimum atomic E-state index is 0.413. The SMILES string of the molecule is CCN1CCC(c2nc(N)nc3c2CCN3)CC1. The Morgan fingerprint density at radius 2 is 2.11 bits per heavy atom. The van der Waals surface area contributed by atoms with Crippen molar-refractivity contribution in [2.24, 2.45) is 0 Å². The third kappa shape index (κ3) is 2.03. The molecule has 1 saturated heterocycles. The largest absolute Gasteiger partial charge is 0.369 e. The van der Waals surface area contributed by atoms with Gasteiger partial charge in [0.1, 0.15) is 5.82 Å². The van der Waals surface area contributed by atoms with E-state index in [0.717, 1.165) is 25.3 Å². The fraction of sp³-hybridized carbons (Fsp3) is 0.692. The summed E-state index contributed by atoms with van der Waals surface area (Å²) in [4.78, 5) is 11.3. The smallest absolute Gasteiger partial charge is 0.222 e. The van der Waals surface area contributed by atoms with E-state index in [2.05, 4.69) is 27.1 Å². The highest BCUT2D eigenvalue weighted by atomic mass is 15.1. The second-order valence-electron chi connectivity index (χ2n) is 5.18. The Kier molecular flexibility index (Phi) is 3.07. The van der Waals surface area contributed by atoms with E-state index in [1.807, 2.05) is 0 Å². The van der Waals surface area contributed by atoms with Crippen LogP contribution in [0, 0.1) is 0 Å². The van der Waals surface area contributed by atoms with Crippen molar-refractivity contribution in [2.45, 2.75) is 32.1 Å². The Hall–Kier alpha value is -1.36. The lowest BCUT2D eigenvalue weighted by molar-refractivity contribution is 0.220.